The van der Waals surface area contributed by atoms with Crippen LogP contribution in [-0.2, 0) is 19.0 Å². The van der Waals surface area contributed by atoms with Gasteiger partial charge in [-0.15, -0.1) is 0 Å². The molecule has 0 saturated carbocycles. The van der Waals surface area contributed by atoms with Gasteiger partial charge in [-0.1, -0.05) is 0 Å². The number of amides is 1. The molecule has 0 atom stereocenters. The normalized spacial score (nSPS) is 10.3. The first-order valence-corrected chi connectivity index (χ1v) is 7.12. The van der Waals surface area contributed by atoms with Crippen molar-refractivity contribution in [2.24, 2.45) is 0 Å². The number of aryl methyl sites for hydroxylation is 1. The van der Waals surface area contributed by atoms with E-state index >= 15 is 0 Å². The van der Waals surface area contributed by atoms with Gasteiger partial charge in [0.15, 0.2) is 0 Å². The molecule has 0 saturated heterocycles. The van der Waals surface area contributed by atoms with Crippen molar-refractivity contribution in [3.05, 3.63) is 22.5 Å². The molecule has 2 N–H and O–H groups in total. The van der Waals surface area contributed by atoms with E-state index in [9.17, 15) is 14.4 Å². The summed E-state index contributed by atoms with van der Waals surface area (Å²) in [6, 6.07) is 0. The molecule has 1 aromatic heterocycles. The maximum Gasteiger partial charge on any atom is 0.340 e. The zero-order valence-corrected chi connectivity index (χ0v) is 13.8. The van der Waals surface area contributed by atoms with Gasteiger partial charge in [0.05, 0.1) is 25.7 Å². The van der Waals surface area contributed by atoms with E-state index in [1.165, 1.54) is 14.2 Å². The highest BCUT2D eigenvalue weighted by Crippen LogP contribution is 2.19. The zero-order valence-electron chi connectivity index (χ0n) is 13.8. The Bertz CT molecular complexity index is 579. The van der Waals surface area contributed by atoms with Gasteiger partial charge in [-0.3, -0.25) is 9.59 Å². The van der Waals surface area contributed by atoms with Crippen LogP contribution in [0.2, 0.25) is 0 Å². The number of hydrogen-bond acceptors (Lipinski definition) is 6. The quantitative estimate of drug-likeness (QED) is 0.539. The van der Waals surface area contributed by atoms with Gasteiger partial charge in [0.25, 0.3) is 5.91 Å². The maximum absolute atomic E-state index is 12.1. The van der Waals surface area contributed by atoms with Crippen LogP contribution in [0, 0.1) is 13.8 Å². The molecule has 23 heavy (non-hydrogen) atoms. The monoisotopic (exact) mass is 326 g/mol. The number of nitrogens with one attached hydrogen (secondary N) is 2. The Balaban J connectivity index is 2.74. The Morgan fingerprint density at radius 1 is 1.13 bits per heavy atom. The number of H-pyrrole nitrogens is 1. The SMILES string of the molecule is COCCOC(=O)c1c(C)[nH]c(C(=O)NCCC(=O)OC)c1C. The van der Waals surface area contributed by atoms with Crippen LogP contribution in [0.4, 0.5) is 0 Å². The third-order valence-electron chi connectivity index (χ3n) is 3.23. The van der Waals surface area contributed by atoms with Crippen molar-refractivity contribution < 1.29 is 28.6 Å². The maximum atomic E-state index is 12.1. The second-order valence-electron chi connectivity index (χ2n) is 4.84. The lowest BCUT2D eigenvalue weighted by Crippen LogP contribution is -2.27. The van der Waals surface area contributed by atoms with Crippen LogP contribution in [0.5, 0.6) is 0 Å². The Labute approximate surface area is 134 Å². The molecule has 0 bridgehead atoms. The van der Waals surface area contributed by atoms with Gasteiger partial charge in [0, 0.05) is 19.3 Å². The average Bonchev–Trinajstić information content (AvgIpc) is 2.82. The van der Waals surface area contributed by atoms with Crippen LogP contribution < -0.4 is 5.32 Å². The van der Waals surface area contributed by atoms with Crippen molar-refractivity contribution in [1.29, 1.82) is 0 Å². The van der Waals surface area contributed by atoms with E-state index in [1.54, 1.807) is 13.8 Å². The van der Waals surface area contributed by atoms with Crippen LogP contribution in [0.1, 0.15) is 38.5 Å². The van der Waals surface area contributed by atoms with Crippen molar-refractivity contribution >= 4 is 17.8 Å². The van der Waals surface area contributed by atoms with E-state index in [-0.39, 0.29) is 25.3 Å². The largest absolute Gasteiger partial charge is 0.469 e. The van der Waals surface area contributed by atoms with Crippen LogP contribution in [0.15, 0.2) is 0 Å². The van der Waals surface area contributed by atoms with Crippen molar-refractivity contribution in [2.45, 2.75) is 20.3 Å². The van der Waals surface area contributed by atoms with Gasteiger partial charge >= 0.3 is 11.9 Å². The molecule has 0 spiro atoms. The number of ether oxygens (including phenoxy) is 3. The van der Waals surface area contributed by atoms with E-state index in [1.807, 2.05) is 0 Å². The van der Waals surface area contributed by atoms with Gasteiger partial charge < -0.3 is 24.5 Å². The van der Waals surface area contributed by atoms with Crippen molar-refractivity contribution in [1.82, 2.24) is 10.3 Å². The molecule has 128 valence electrons. The van der Waals surface area contributed by atoms with E-state index in [4.69, 9.17) is 9.47 Å². The summed E-state index contributed by atoms with van der Waals surface area (Å²) in [5.41, 5.74) is 1.65. The number of aromatic nitrogens is 1. The van der Waals surface area contributed by atoms with E-state index < -0.39 is 17.8 Å². The minimum atomic E-state index is -0.512. The fourth-order valence-electron chi connectivity index (χ4n) is 2.04. The topological polar surface area (TPSA) is 107 Å². The van der Waals surface area contributed by atoms with Crippen LogP contribution in [0.3, 0.4) is 0 Å². The molecular formula is C15H22N2O6. The first-order chi connectivity index (χ1) is 10.9. The Hall–Kier alpha value is -2.35. The number of carbonyl (C=O) groups excluding carboxylic acids is 3. The number of aromatic amines is 1. The zero-order chi connectivity index (χ0) is 17.4. The van der Waals surface area contributed by atoms with Gasteiger partial charge in [-0.25, -0.2) is 4.79 Å². The van der Waals surface area contributed by atoms with Crippen LogP contribution >= 0.6 is 0 Å². The predicted molar refractivity (Wildman–Crippen MR) is 81.4 cm³/mol. The van der Waals surface area contributed by atoms with E-state index in [0.717, 1.165) is 0 Å². The Morgan fingerprint density at radius 3 is 2.43 bits per heavy atom. The van der Waals surface area contributed by atoms with E-state index in [0.29, 0.717) is 23.4 Å². The fraction of sp³-hybridized carbons (Fsp3) is 0.533. The van der Waals surface area contributed by atoms with Gasteiger partial charge in [0.2, 0.25) is 0 Å². The summed E-state index contributed by atoms with van der Waals surface area (Å²) in [5.74, 6) is -1.32. The number of esters is 2. The number of methoxy groups -OCH3 is 2. The average molecular weight is 326 g/mol. The highest BCUT2D eigenvalue weighted by atomic mass is 16.6. The lowest BCUT2D eigenvalue weighted by molar-refractivity contribution is -0.140. The summed E-state index contributed by atoms with van der Waals surface area (Å²) in [5, 5.41) is 2.59. The molecule has 1 aromatic rings. The smallest absolute Gasteiger partial charge is 0.340 e. The molecule has 0 aliphatic heterocycles. The molecule has 1 amide bonds. The summed E-state index contributed by atoms with van der Waals surface area (Å²) in [7, 11) is 2.79. The number of carbonyl (C=O) groups is 3. The first kappa shape index (κ1) is 18.7. The molecule has 8 heteroatoms. The number of rotatable bonds is 8. The lowest BCUT2D eigenvalue weighted by Gasteiger charge is -2.05. The third kappa shape index (κ3) is 5.10. The molecule has 0 aliphatic rings. The highest BCUT2D eigenvalue weighted by Gasteiger charge is 2.22. The summed E-state index contributed by atoms with van der Waals surface area (Å²) < 4.78 is 14.4. The molecule has 0 unspecified atom stereocenters. The molecule has 1 rings (SSSR count). The van der Waals surface area contributed by atoms with Crippen molar-refractivity contribution in [3.8, 4) is 0 Å². The van der Waals surface area contributed by atoms with Crippen molar-refractivity contribution in [2.75, 3.05) is 34.0 Å². The number of hydrogen-bond donors (Lipinski definition) is 2. The summed E-state index contributed by atoms with van der Waals surface area (Å²) in [6.07, 6.45) is 0.0763. The van der Waals surface area contributed by atoms with E-state index in [2.05, 4.69) is 15.0 Å². The second-order valence-corrected chi connectivity index (χ2v) is 4.84. The van der Waals surface area contributed by atoms with Gasteiger partial charge in [-0.2, -0.15) is 0 Å². The second kappa shape index (κ2) is 8.94. The molecule has 0 aromatic carbocycles. The predicted octanol–water partition coefficient (Wildman–Crippen LogP) is 0.728. The Morgan fingerprint density at radius 2 is 1.83 bits per heavy atom. The van der Waals surface area contributed by atoms with Gasteiger partial charge in [-0.05, 0) is 19.4 Å². The van der Waals surface area contributed by atoms with Gasteiger partial charge in [0.1, 0.15) is 12.3 Å². The molecule has 0 aliphatic carbocycles. The third-order valence-corrected chi connectivity index (χ3v) is 3.23. The molecule has 0 fully saturated rings. The minimum absolute atomic E-state index is 0.0763. The summed E-state index contributed by atoms with van der Waals surface area (Å²) in [4.78, 5) is 38.1. The highest BCUT2D eigenvalue weighted by molar-refractivity contribution is 6.00. The standard InChI is InChI=1S/C15H22N2O6/c1-9-12(15(20)23-8-7-21-3)10(2)17-13(9)14(19)16-6-5-11(18)22-4/h17H,5-8H2,1-4H3,(H,16,19). The Kier molecular flexibility index (Phi) is 7.27. The van der Waals surface area contributed by atoms with Crippen LogP contribution in [-0.4, -0.2) is 56.8 Å². The van der Waals surface area contributed by atoms with Crippen molar-refractivity contribution in [3.63, 3.8) is 0 Å². The molecule has 0 radical (unpaired) electrons. The lowest BCUT2D eigenvalue weighted by atomic mass is 10.1. The minimum Gasteiger partial charge on any atom is -0.469 e. The van der Waals surface area contributed by atoms with Crippen LogP contribution in [0.25, 0.3) is 0 Å². The summed E-state index contributed by atoms with van der Waals surface area (Å²) >= 11 is 0. The fourth-order valence-corrected chi connectivity index (χ4v) is 2.04. The first-order valence-electron chi connectivity index (χ1n) is 7.12. The molecule has 1 heterocycles. The molecule has 8 nitrogen and oxygen atoms in total. The molecular weight excluding hydrogens is 304 g/mol. The summed E-state index contributed by atoms with van der Waals surface area (Å²) in [6.45, 7) is 3.93.